The van der Waals surface area contributed by atoms with Crippen molar-refractivity contribution >= 4 is 11.9 Å². The van der Waals surface area contributed by atoms with E-state index in [1.54, 1.807) is 19.1 Å². The molecule has 0 radical (unpaired) electrons. The van der Waals surface area contributed by atoms with Crippen LogP contribution in [-0.4, -0.2) is 27.3 Å². The van der Waals surface area contributed by atoms with Crippen molar-refractivity contribution < 1.29 is 29.6 Å². The number of benzene rings is 2. The molecule has 0 aliphatic carbocycles. The Hall–Kier alpha value is -3.02. The lowest BCUT2D eigenvalue weighted by molar-refractivity contribution is 0.0680. The van der Waals surface area contributed by atoms with Crippen LogP contribution in [0.15, 0.2) is 30.3 Å². The number of phenols is 2. The highest BCUT2D eigenvalue weighted by Gasteiger charge is 2.20. The van der Waals surface area contributed by atoms with Crippen molar-refractivity contribution in [3.05, 3.63) is 52.6 Å². The van der Waals surface area contributed by atoms with Crippen LogP contribution in [0.3, 0.4) is 0 Å². The Kier molecular flexibility index (Phi) is 4.03. The Labute approximate surface area is 126 Å². The lowest BCUT2D eigenvalue weighted by Crippen LogP contribution is -2.12. The largest absolute Gasteiger partial charge is 0.508 e. The van der Waals surface area contributed by atoms with Crippen LogP contribution in [0, 0.1) is 13.8 Å². The fraction of sp³-hybridized carbons (Fsp3) is 0.125. The summed E-state index contributed by atoms with van der Waals surface area (Å²) in [6.45, 7) is 3.15. The van der Waals surface area contributed by atoms with Gasteiger partial charge in [0.2, 0.25) is 0 Å². The van der Waals surface area contributed by atoms with Crippen molar-refractivity contribution in [2.75, 3.05) is 0 Å². The number of carbonyl (C=O) groups is 2. The first-order chi connectivity index (χ1) is 10.3. The van der Waals surface area contributed by atoms with Crippen LogP contribution in [0.5, 0.6) is 17.2 Å². The highest BCUT2D eigenvalue weighted by molar-refractivity contribution is 5.97. The van der Waals surface area contributed by atoms with E-state index in [0.29, 0.717) is 11.1 Å². The molecule has 0 spiro atoms. The monoisotopic (exact) mass is 302 g/mol. The van der Waals surface area contributed by atoms with E-state index in [2.05, 4.69) is 0 Å². The number of phenolic OH excluding ortho intramolecular Hbond substituents is 2. The van der Waals surface area contributed by atoms with Crippen molar-refractivity contribution in [1.29, 1.82) is 0 Å². The van der Waals surface area contributed by atoms with Gasteiger partial charge in [-0.2, -0.15) is 0 Å². The maximum Gasteiger partial charge on any atom is 0.347 e. The predicted molar refractivity (Wildman–Crippen MR) is 77.6 cm³/mol. The summed E-state index contributed by atoms with van der Waals surface area (Å²) in [4.78, 5) is 23.3. The summed E-state index contributed by atoms with van der Waals surface area (Å²) in [6.07, 6.45) is 0. The smallest absolute Gasteiger partial charge is 0.347 e. The molecule has 2 aromatic rings. The van der Waals surface area contributed by atoms with E-state index < -0.39 is 11.9 Å². The molecule has 6 nitrogen and oxygen atoms in total. The molecule has 0 aliphatic heterocycles. The lowest BCUT2D eigenvalue weighted by Gasteiger charge is -2.11. The van der Waals surface area contributed by atoms with E-state index in [0.717, 1.165) is 6.07 Å². The van der Waals surface area contributed by atoms with Gasteiger partial charge in [0.05, 0.1) is 0 Å². The van der Waals surface area contributed by atoms with Gasteiger partial charge in [-0.1, -0.05) is 12.1 Å². The van der Waals surface area contributed by atoms with Gasteiger partial charge in [-0.25, -0.2) is 9.59 Å². The minimum Gasteiger partial charge on any atom is -0.508 e. The number of carbonyl (C=O) groups excluding carboxylic acids is 1. The Morgan fingerprint density at radius 2 is 1.68 bits per heavy atom. The number of hydrogen-bond donors (Lipinski definition) is 3. The second kappa shape index (κ2) is 5.77. The number of aromatic hydroxyl groups is 2. The number of rotatable bonds is 3. The molecule has 0 unspecified atom stereocenters. The predicted octanol–water partition coefficient (Wildman–Crippen LogP) is 2.63. The topological polar surface area (TPSA) is 104 Å². The van der Waals surface area contributed by atoms with E-state index in [4.69, 9.17) is 9.84 Å². The summed E-state index contributed by atoms with van der Waals surface area (Å²) in [6, 6.07) is 6.81. The van der Waals surface area contributed by atoms with Crippen LogP contribution in [0.2, 0.25) is 0 Å². The molecule has 6 heteroatoms. The molecule has 0 amide bonds. The van der Waals surface area contributed by atoms with E-state index in [1.165, 1.54) is 19.1 Å². The van der Waals surface area contributed by atoms with E-state index in [-0.39, 0.29) is 28.4 Å². The zero-order valence-corrected chi connectivity index (χ0v) is 12.0. The second-order valence-electron chi connectivity index (χ2n) is 4.80. The van der Waals surface area contributed by atoms with Crippen LogP contribution in [-0.2, 0) is 0 Å². The van der Waals surface area contributed by atoms with E-state index >= 15 is 0 Å². The molecule has 22 heavy (non-hydrogen) atoms. The zero-order chi connectivity index (χ0) is 16.4. The highest BCUT2D eigenvalue weighted by atomic mass is 16.5. The van der Waals surface area contributed by atoms with Gasteiger partial charge in [0, 0.05) is 6.07 Å². The van der Waals surface area contributed by atoms with Crippen LogP contribution in [0.4, 0.5) is 0 Å². The standard InChI is InChI=1S/C16H14O6/c1-8-4-3-5-10(14(8)18)16(21)22-13-7-12(17)9(2)6-11(13)15(19)20/h3-7,17-18H,1-2H3,(H,19,20). The minimum absolute atomic E-state index is 0.0867. The second-order valence-corrected chi connectivity index (χ2v) is 4.80. The van der Waals surface area contributed by atoms with Crippen LogP contribution < -0.4 is 4.74 Å². The molecule has 0 bridgehead atoms. The van der Waals surface area contributed by atoms with Crippen molar-refractivity contribution in [3.63, 3.8) is 0 Å². The van der Waals surface area contributed by atoms with Gasteiger partial charge in [-0.3, -0.25) is 0 Å². The fourth-order valence-electron chi connectivity index (χ4n) is 1.91. The van der Waals surface area contributed by atoms with Crippen molar-refractivity contribution in [2.45, 2.75) is 13.8 Å². The average Bonchev–Trinajstić information content (AvgIpc) is 2.45. The quantitative estimate of drug-likeness (QED) is 0.594. The molecule has 3 N–H and O–H groups in total. The molecular formula is C16H14O6. The first-order valence-electron chi connectivity index (χ1n) is 6.39. The molecule has 114 valence electrons. The number of carboxylic acid groups (broad SMARTS) is 1. The van der Waals surface area contributed by atoms with Crippen molar-refractivity contribution in [3.8, 4) is 17.2 Å². The van der Waals surface area contributed by atoms with Gasteiger partial charge < -0.3 is 20.1 Å². The van der Waals surface area contributed by atoms with E-state index in [9.17, 15) is 19.8 Å². The zero-order valence-electron chi connectivity index (χ0n) is 12.0. The highest BCUT2D eigenvalue weighted by Crippen LogP contribution is 2.30. The van der Waals surface area contributed by atoms with Crippen molar-refractivity contribution in [1.82, 2.24) is 0 Å². The van der Waals surface area contributed by atoms with Crippen LogP contribution in [0.25, 0.3) is 0 Å². The van der Waals surface area contributed by atoms with Gasteiger partial charge in [0.25, 0.3) is 0 Å². The number of aromatic carboxylic acids is 1. The molecule has 0 fully saturated rings. The maximum absolute atomic E-state index is 12.1. The fourth-order valence-corrected chi connectivity index (χ4v) is 1.91. The number of aryl methyl sites for hydroxylation is 2. The summed E-state index contributed by atoms with van der Waals surface area (Å²) < 4.78 is 5.02. The van der Waals surface area contributed by atoms with Crippen LogP contribution in [0.1, 0.15) is 31.8 Å². The molecule has 0 aliphatic rings. The summed E-state index contributed by atoms with van der Waals surface area (Å²) in [5, 5.41) is 28.7. The normalized spacial score (nSPS) is 10.3. The van der Waals surface area contributed by atoms with Crippen molar-refractivity contribution in [2.24, 2.45) is 0 Å². The third-order valence-corrected chi connectivity index (χ3v) is 3.19. The number of para-hydroxylation sites is 1. The molecular weight excluding hydrogens is 288 g/mol. The van der Waals surface area contributed by atoms with Gasteiger partial charge in [-0.05, 0) is 37.1 Å². The van der Waals surface area contributed by atoms with Crippen LogP contribution >= 0.6 is 0 Å². The number of hydrogen-bond acceptors (Lipinski definition) is 5. The van der Waals surface area contributed by atoms with Gasteiger partial charge in [0.1, 0.15) is 28.4 Å². The summed E-state index contributed by atoms with van der Waals surface area (Å²) >= 11 is 0. The maximum atomic E-state index is 12.1. The van der Waals surface area contributed by atoms with Gasteiger partial charge in [-0.15, -0.1) is 0 Å². The minimum atomic E-state index is -1.29. The summed E-state index contributed by atoms with van der Waals surface area (Å²) in [5.74, 6) is -2.92. The average molecular weight is 302 g/mol. The first kappa shape index (κ1) is 15.4. The van der Waals surface area contributed by atoms with E-state index in [1.807, 2.05) is 0 Å². The molecule has 0 atom stereocenters. The Morgan fingerprint density at radius 1 is 1.00 bits per heavy atom. The summed E-state index contributed by atoms with van der Waals surface area (Å²) in [7, 11) is 0. The Bertz CT molecular complexity index is 763. The summed E-state index contributed by atoms with van der Waals surface area (Å²) in [5.41, 5.74) is 0.488. The number of esters is 1. The Balaban J connectivity index is 2.42. The van der Waals surface area contributed by atoms with Gasteiger partial charge >= 0.3 is 11.9 Å². The lowest BCUT2D eigenvalue weighted by atomic mass is 10.1. The molecule has 0 heterocycles. The molecule has 2 aromatic carbocycles. The SMILES string of the molecule is Cc1cc(C(=O)O)c(OC(=O)c2cccc(C)c2O)cc1O. The number of carboxylic acids is 1. The molecule has 0 saturated carbocycles. The number of ether oxygens (including phenoxy) is 1. The first-order valence-corrected chi connectivity index (χ1v) is 6.39. The third kappa shape index (κ3) is 2.85. The molecule has 0 aromatic heterocycles. The third-order valence-electron chi connectivity index (χ3n) is 3.19. The molecule has 2 rings (SSSR count). The Morgan fingerprint density at radius 3 is 2.32 bits per heavy atom. The molecule has 0 saturated heterocycles. The van der Waals surface area contributed by atoms with Gasteiger partial charge in [0.15, 0.2) is 0 Å².